The monoisotopic (exact) mass is 339 g/mol. The number of likely N-dealkylation sites (tertiary alicyclic amines) is 1. The van der Waals surface area contributed by atoms with Gasteiger partial charge in [0.1, 0.15) is 0 Å². The average molecular weight is 340 g/mol. The Morgan fingerprint density at radius 3 is 2.53 bits per heavy atom. The first kappa shape index (κ1) is 14.3. The zero-order valence-corrected chi connectivity index (χ0v) is 11.3. The molecule has 0 aliphatic carbocycles. The van der Waals surface area contributed by atoms with Crippen LogP contribution in [0.4, 0.5) is 17.6 Å². The lowest BCUT2D eigenvalue weighted by Crippen LogP contribution is -2.45. The first-order valence-corrected chi connectivity index (χ1v) is 6.41. The van der Waals surface area contributed by atoms with Gasteiger partial charge in [-0.05, 0) is 34.5 Å². The molecule has 1 fully saturated rings. The van der Waals surface area contributed by atoms with Crippen molar-refractivity contribution in [3.63, 3.8) is 0 Å². The van der Waals surface area contributed by atoms with Gasteiger partial charge in [0.2, 0.25) is 0 Å². The second kappa shape index (κ2) is 5.11. The Morgan fingerprint density at radius 2 is 1.89 bits per heavy atom. The van der Waals surface area contributed by atoms with Gasteiger partial charge in [-0.3, -0.25) is 4.79 Å². The molecule has 1 aliphatic rings. The highest BCUT2D eigenvalue weighted by atomic mass is 79.9. The second-order valence-corrected chi connectivity index (χ2v) is 5.29. The van der Waals surface area contributed by atoms with Crippen LogP contribution in [0.25, 0.3) is 0 Å². The number of hydrogen-bond acceptors (Lipinski definition) is 1. The van der Waals surface area contributed by atoms with Crippen molar-refractivity contribution in [3.05, 3.63) is 33.8 Å². The third kappa shape index (κ3) is 3.08. The van der Waals surface area contributed by atoms with Crippen molar-refractivity contribution in [1.29, 1.82) is 0 Å². The van der Waals surface area contributed by atoms with Crippen LogP contribution in [0.15, 0.2) is 16.6 Å². The summed E-state index contributed by atoms with van der Waals surface area (Å²) in [6.07, 6.45) is -0.0875. The molecule has 2 nitrogen and oxygen atoms in total. The van der Waals surface area contributed by atoms with E-state index in [-0.39, 0.29) is 29.4 Å². The number of carbonyl (C=O) groups excluding carboxylic acids is 1. The van der Waals surface area contributed by atoms with E-state index in [2.05, 4.69) is 15.9 Å². The fraction of sp³-hybridized carbons (Fsp3) is 0.417. The third-order valence-electron chi connectivity index (χ3n) is 2.92. The number of alkyl halides is 2. The Kier molecular flexibility index (Phi) is 3.85. The molecule has 7 heteroatoms. The second-order valence-electron chi connectivity index (χ2n) is 4.43. The predicted molar refractivity (Wildman–Crippen MR) is 64.1 cm³/mol. The van der Waals surface area contributed by atoms with E-state index in [1.54, 1.807) is 0 Å². The molecule has 1 aromatic rings. The Balaban J connectivity index is 2.27. The molecule has 0 bridgehead atoms. The minimum atomic E-state index is -2.93. The molecule has 1 heterocycles. The molecule has 0 atom stereocenters. The zero-order chi connectivity index (χ0) is 14.2. The van der Waals surface area contributed by atoms with E-state index in [9.17, 15) is 22.4 Å². The Bertz CT molecular complexity index is 521. The minimum absolute atomic E-state index is 0.0466. The number of benzene rings is 1. The lowest BCUT2D eigenvalue weighted by atomic mass is 10.1. The fourth-order valence-corrected chi connectivity index (χ4v) is 2.48. The van der Waals surface area contributed by atoms with Crippen LogP contribution in [0.3, 0.4) is 0 Å². The normalized spacial score (nSPS) is 18.5. The summed E-state index contributed by atoms with van der Waals surface area (Å²) in [5.74, 6) is -5.95. The van der Waals surface area contributed by atoms with Gasteiger partial charge in [-0.15, -0.1) is 0 Å². The Morgan fingerprint density at radius 1 is 1.26 bits per heavy atom. The molecule has 1 aliphatic heterocycles. The highest BCUT2D eigenvalue weighted by molar-refractivity contribution is 9.10. The van der Waals surface area contributed by atoms with Gasteiger partial charge in [-0.1, -0.05) is 0 Å². The number of hydrogen-bond donors (Lipinski definition) is 0. The molecule has 0 radical (unpaired) electrons. The van der Waals surface area contributed by atoms with Gasteiger partial charge < -0.3 is 4.90 Å². The van der Waals surface area contributed by atoms with E-state index in [0.29, 0.717) is 6.07 Å². The maximum Gasteiger partial charge on any atom is 0.265 e. The van der Waals surface area contributed by atoms with E-state index in [1.807, 2.05) is 0 Å². The van der Waals surface area contributed by atoms with E-state index in [0.717, 1.165) is 11.0 Å². The molecule has 0 spiro atoms. The van der Waals surface area contributed by atoms with Crippen LogP contribution >= 0.6 is 15.9 Å². The standard InChI is InChI=1S/C12H10BrF4NO/c13-8-5-10(15)9(14)4-7(8)11(19)18-3-1-2-12(16,17)6-18/h4-5H,1-3,6H2. The van der Waals surface area contributed by atoms with Crippen LogP contribution < -0.4 is 0 Å². The van der Waals surface area contributed by atoms with Gasteiger partial charge in [0, 0.05) is 17.4 Å². The summed E-state index contributed by atoms with van der Waals surface area (Å²) in [7, 11) is 0. The molecule has 0 unspecified atom stereocenters. The highest BCUT2D eigenvalue weighted by Crippen LogP contribution is 2.29. The van der Waals surface area contributed by atoms with E-state index >= 15 is 0 Å². The number of carbonyl (C=O) groups is 1. The van der Waals surface area contributed by atoms with Gasteiger partial charge in [0.05, 0.1) is 12.1 Å². The first-order chi connectivity index (χ1) is 8.80. The fourth-order valence-electron chi connectivity index (χ4n) is 2.00. The molecule has 1 saturated heterocycles. The summed E-state index contributed by atoms with van der Waals surface area (Å²) >= 11 is 2.94. The van der Waals surface area contributed by atoms with Crippen molar-refractivity contribution in [2.45, 2.75) is 18.8 Å². The van der Waals surface area contributed by atoms with Gasteiger partial charge >= 0.3 is 0 Å². The number of amides is 1. The van der Waals surface area contributed by atoms with Gasteiger partial charge in [-0.2, -0.15) is 0 Å². The molecular formula is C12H10BrF4NO. The van der Waals surface area contributed by atoms with Crippen molar-refractivity contribution in [1.82, 2.24) is 4.90 Å². The average Bonchev–Trinajstić information content (AvgIpc) is 2.31. The smallest absolute Gasteiger partial charge is 0.265 e. The molecule has 0 N–H and O–H groups in total. The van der Waals surface area contributed by atoms with Crippen LogP contribution in [0.5, 0.6) is 0 Å². The molecule has 1 aromatic carbocycles. The molecule has 0 saturated carbocycles. The van der Waals surface area contributed by atoms with Crippen molar-refractivity contribution >= 4 is 21.8 Å². The molecule has 1 amide bonds. The number of rotatable bonds is 1. The Labute approximate surface area is 115 Å². The molecular weight excluding hydrogens is 330 g/mol. The van der Waals surface area contributed by atoms with Crippen molar-refractivity contribution in [2.24, 2.45) is 0 Å². The third-order valence-corrected chi connectivity index (χ3v) is 3.58. The quantitative estimate of drug-likeness (QED) is 0.565. The van der Waals surface area contributed by atoms with Gasteiger partial charge in [0.15, 0.2) is 11.6 Å². The SMILES string of the molecule is O=C(c1cc(F)c(F)cc1Br)N1CCCC(F)(F)C1. The van der Waals surface area contributed by atoms with Crippen molar-refractivity contribution in [2.75, 3.05) is 13.1 Å². The molecule has 104 valence electrons. The molecule has 0 aromatic heterocycles. The maximum atomic E-state index is 13.2. The largest absolute Gasteiger partial charge is 0.333 e. The van der Waals surface area contributed by atoms with Crippen LogP contribution in [-0.4, -0.2) is 29.8 Å². The topological polar surface area (TPSA) is 20.3 Å². The maximum absolute atomic E-state index is 13.2. The highest BCUT2D eigenvalue weighted by Gasteiger charge is 2.37. The van der Waals surface area contributed by atoms with Crippen LogP contribution in [-0.2, 0) is 0 Å². The van der Waals surface area contributed by atoms with Crippen LogP contribution in [0, 0.1) is 11.6 Å². The number of piperidine rings is 1. The summed E-state index contributed by atoms with van der Waals surface area (Å²) in [5, 5.41) is 0. The summed E-state index contributed by atoms with van der Waals surface area (Å²) in [5.41, 5.74) is -0.156. The predicted octanol–water partition coefficient (Wildman–Crippen LogP) is 3.60. The van der Waals surface area contributed by atoms with Gasteiger partial charge in [-0.25, -0.2) is 17.6 Å². The van der Waals surface area contributed by atoms with Gasteiger partial charge in [0.25, 0.3) is 11.8 Å². The molecule has 2 rings (SSSR count). The zero-order valence-electron chi connectivity index (χ0n) is 9.73. The summed E-state index contributed by atoms with van der Waals surface area (Å²) < 4.78 is 52.6. The van der Waals surface area contributed by atoms with Crippen molar-refractivity contribution < 1.29 is 22.4 Å². The summed E-state index contributed by atoms with van der Waals surface area (Å²) in [6, 6.07) is 1.53. The number of nitrogens with zero attached hydrogens (tertiary/aromatic N) is 1. The summed E-state index contributed by atoms with van der Waals surface area (Å²) in [6.45, 7) is -0.517. The summed E-state index contributed by atoms with van der Waals surface area (Å²) in [4.78, 5) is 13.0. The lowest BCUT2D eigenvalue weighted by molar-refractivity contribution is -0.0560. The van der Waals surface area contributed by atoms with Crippen LogP contribution in [0.1, 0.15) is 23.2 Å². The number of halogens is 5. The Hall–Kier alpha value is -1.11. The lowest BCUT2D eigenvalue weighted by Gasteiger charge is -2.32. The van der Waals surface area contributed by atoms with E-state index in [4.69, 9.17) is 0 Å². The molecule has 19 heavy (non-hydrogen) atoms. The first-order valence-electron chi connectivity index (χ1n) is 5.62. The van der Waals surface area contributed by atoms with Crippen LogP contribution in [0.2, 0.25) is 0 Å². The minimum Gasteiger partial charge on any atom is -0.333 e. The van der Waals surface area contributed by atoms with E-state index < -0.39 is 30.0 Å². The van der Waals surface area contributed by atoms with E-state index in [1.165, 1.54) is 0 Å². The van der Waals surface area contributed by atoms with Crippen molar-refractivity contribution in [3.8, 4) is 0 Å².